The van der Waals surface area contributed by atoms with Gasteiger partial charge in [-0.15, -0.1) is 0 Å². The molecule has 0 spiro atoms. The molecule has 0 amide bonds. The molecule has 1 unspecified atom stereocenters. The zero-order valence-corrected chi connectivity index (χ0v) is 24.3. The molecule has 3 nitrogen and oxygen atoms in total. The van der Waals surface area contributed by atoms with Crippen LogP contribution in [-0.4, -0.2) is 26.3 Å². The average molecular weight is 550 g/mol. The molecular formula is C39H35NO2. The molecule has 42 heavy (non-hydrogen) atoms. The van der Waals surface area contributed by atoms with Gasteiger partial charge in [0.25, 0.3) is 0 Å². The van der Waals surface area contributed by atoms with Crippen molar-refractivity contribution in [2.45, 2.75) is 32.3 Å². The fraction of sp³-hybridized carbons (Fsp3) is 0.231. The molecule has 5 aromatic carbocycles. The highest BCUT2D eigenvalue weighted by molar-refractivity contribution is 6.04. The number of morpholine rings is 1. The van der Waals surface area contributed by atoms with Gasteiger partial charge in [-0.3, -0.25) is 0 Å². The molecular weight excluding hydrogens is 514 g/mol. The monoisotopic (exact) mass is 549 g/mol. The molecule has 3 heteroatoms. The Kier molecular flexibility index (Phi) is 5.97. The lowest BCUT2D eigenvalue weighted by molar-refractivity contribution is 0.122. The zero-order valence-electron chi connectivity index (χ0n) is 24.3. The number of hydrogen-bond acceptors (Lipinski definition) is 3. The maximum absolute atomic E-state index is 7.49. The standard InChI is InChI=1S/C39H35NO2/c1-26-24-35-33-17-12-28-8-6-7-11-32(28)37(33)38-34(36(35)25-27(26)2)18-19-39(42-38,29-9-4-3-5-10-29)30-13-15-31(16-14-30)40-20-22-41-23-21-40/h3-11,13-16,18-19,24-25H,12,17,20-23H2,1-2H3. The summed E-state index contributed by atoms with van der Waals surface area (Å²) in [6.07, 6.45) is 6.67. The van der Waals surface area contributed by atoms with Gasteiger partial charge in [0.05, 0.1) is 13.2 Å². The Bertz CT molecular complexity index is 1850. The molecule has 2 aliphatic heterocycles. The number of fused-ring (bicyclic) bond motifs is 8. The van der Waals surface area contributed by atoms with Gasteiger partial charge in [-0.25, -0.2) is 0 Å². The lowest BCUT2D eigenvalue weighted by atomic mass is 9.77. The van der Waals surface area contributed by atoms with Gasteiger partial charge < -0.3 is 14.4 Å². The summed E-state index contributed by atoms with van der Waals surface area (Å²) >= 11 is 0. The van der Waals surface area contributed by atoms with Crippen LogP contribution >= 0.6 is 0 Å². The smallest absolute Gasteiger partial charge is 0.178 e. The van der Waals surface area contributed by atoms with Gasteiger partial charge in [-0.2, -0.15) is 0 Å². The Hall–Kier alpha value is -4.34. The van der Waals surface area contributed by atoms with E-state index in [0.29, 0.717) is 0 Å². The Balaban J connectivity index is 1.37. The van der Waals surface area contributed by atoms with Gasteiger partial charge in [0.2, 0.25) is 0 Å². The van der Waals surface area contributed by atoms with Crippen LogP contribution in [0.15, 0.2) is 97.1 Å². The average Bonchev–Trinajstić information content (AvgIpc) is 3.06. The Morgan fingerprint density at radius 2 is 1.40 bits per heavy atom. The van der Waals surface area contributed by atoms with Crippen LogP contribution in [-0.2, 0) is 23.2 Å². The van der Waals surface area contributed by atoms with E-state index in [1.54, 1.807) is 0 Å². The van der Waals surface area contributed by atoms with E-state index >= 15 is 0 Å². The van der Waals surface area contributed by atoms with Crippen LogP contribution in [0.2, 0.25) is 0 Å². The van der Waals surface area contributed by atoms with E-state index in [-0.39, 0.29) is 0 Å². The molecule has 5 aromatic rings. The quantitative estimate of drug-likeness (QED) is 0.226. The zero-order chi connectivity index (χ0) is 28.3. The van der Waals surface area contributed by atoms with Crippen molar-refractivity contribution in [3.63, 3.8) is 0 Å². The van der Waals surface area contributed by atoms with Crippen molar-refractivity contribution in [3.8, 4) is 16.9 Å². The number of hydrogen-bond donors (Lipinski definition) is 0. The van der Waals surface area contributed by atoms with Crippen LogP contribution in [0.3, 0.4) is 0 Å². The first-order chi connectivity index (χ1) is 20.6. The SMILES string of the molecule is Cc1cc2c3c(c4c(c2cc1C)CCc1ccccc1-4)OC(c1ccccc1)(c1ccc(N2CCOCC2)cc1)C=C3. The normalized spacial score (nSPS) is 19.1. The second-order valence-electron chi connectivity index (χ2n) is 11.9. The van der Waals surface area contributed by atoms with Gasteiger partial charge in [0, 0.05) is 41.0 Å². The summed E-state index contributed by atoms with van der Waals surface area (Å²) in [6.45, 7) is 7.84. The van der Waals surface area contributed by atoms with Crippen LogP contribution in [0.25, 0.3) is 28.0 Å². The van der Waals surface area contributed by atoms with Crippen molar-refractivity contribution in [2.75, 3.05) is 31.2 Å². The summed E-state index contributed by atoms with van der Waals surface area (Å²) in [7, 11) is 0. The van der Waals surface area contributed by atoms with E-state index in [1.165, 1.54) is 55.4 Å². The fourth-order valence-corrected chi connectivity index (χ4v) is 7.18. The van der Waals surface area contributed by atoms with Gasteiger partial charge in [-0.05, 0) is 89.6 Å². The van der Waals surface area contributed by atoms with Crippen molar-refractivity contribution in [1.82, 2.24) is 0 Å². The number of anilines is 1. The second-order valence-corrected chi connectivity index (χ2v) is 11.9. The third-order valence-corrected chi connectivity index (χ3v) is 9.58. The summed E-state index contributed by atoms with van der Waals surface area (Å²) < 4.78 is 13.1. The number of aryl methyl sites for hydroxylation is 4. The number of nitrogens with zero attached hydrogens (tertiary/aromatic N) is 1. The molecule has 0 saturated carbocycles. The first kappa shape index (κ1) is 25.4. The molecule has 3 aliphatic rings. The summed E-state index contributed by atoms with van der Waals surface area (Å²) in [5, 5.41) is 2.64. The lowest BCUT2D eigenvalue weighted by Crippen LogP contribution is -2.37. The fourth-order valence-electron chi connectivity index (χ4n) is 7.18. The highest BCUT2D eigenvalue weighted by Crippen LogP contribution is 2.52. The van der Waals surface area contributed by atoms with Gasteiger partial charge in [0.1, 0.15) is 5.75 Å². The Morgan fingerprint density at radius 3 is 2.19 bits per heavy atom. The molecule has 0 aromatic heterocycles. The lowest BCUT2D eigenvalue weighted by Gasteiger charge is -2.39. The van der Waals surface area contributed by atoms with E-state index in [9.17, 15) is 0 Å². The van der Waals surface area contributed by atoms with Gasteiger partial charge in [-0.1, -0.05) is 78.9 Å². The van der Waals surface area contributed by atoms with Crippen LogP contribution in [0, 0.1) is 13.8 Å². The summed E-state index contributed by atoms with van der Waals surface area (Å²) in [4.78, 5) is 2.40. The van der Waals surface area contributed by atoms with Gasteiger partial charge >= 0.3 is 0 Å². The first-order valence-corrected chi connectivity index (χ1v) is 15.2. The minimum atomic E-state index is -0.745. The maximum atomic E-state index is 7.49. The molecule has 0 N–H and O–H groups in total. The van der Waals surface area contributed by atoms with Crippen LogP contribution in [0.5, 0.6) is 5.75 Å². The Labute approximate surface area is 248 Å². The van der Waals surface area contributed by atoms with E-state index < -0.39 is 5.60 Å². The number of rotatable bonds is 3. The van der Waals surface area contributed by atoms with Crippen molar-refractivity contribution < 1.29 is 9.47 Å². The number of benzene rings is 5. The molecule has 1 fully saturated rings. The van der Waals surface area contributed by atoms with Crippen LogP contribution in [0.1, 0.15) is 38.9 Å². The summed E-state index contributed by atoms with van der Waals surface area (Å²) in [5.74, 6) is 0.997. The van der Waals surface area contributed by atoms with Crippen molar-refractivity contribution in [2.24, 2.45) is 0 Å². The minimum absolute atomic E-state index is 0.745. The van der Waals surface area contributed by atoms with E-state index in [2.05, 4.69) is 122 Å². The first-order valence-electron chi connectivity index (χ1n) is 15.2. The van der Waals surface area contributed by atoms with E-state index in [1.807, 2.05) is 0 Å². The molecule has 2 heterocycles. The highest BCUT2D eigenvalue weighted by Gasteiger charge is 2.40. The topological polar surface area (TPSA) is 21.7 Å². The van der Waals surface area contributed by atoms with Crippen molar-refractivity contribution in [3.05, 3.63) is 136 Å². The van der Waals surface area contributed by atoms with Crippen LogP contribution < -0.4 is 9.64 Å². The molecule has 0 radical (unpaired) electrons. The molecule has 1 aliphatic carbocycles. The Morgan fingerprint density at radius 1 is 0.714 bits per heavy atom. The summed E-state index contributed by atoms with van der Waals surface area (Å²) in [6, 6.07) is 33.3. The van der Waals surface area contributed by atoms with E-state index in [4.69, 9.17) is 9.47 Å². The summed E-state index contributed by atoms with van der Waals surface area (Å²) in [5.41, 5.74) is 11.9. The molecule has 8 rings (SSSR count). The van der Waals surface area contributed by atoms with Crippen LogP contribution in [0.4, 0.5) is 5.69 Å². The molecule has 0 bridgehead atoms. The second kappa shape index (κ2) is 9.89. The van der Waals surface area contributed by atoms with Crippen molar-refractivity contribution >= 4 is 22.5 Å². The predicted molar refractivity (Wildman–Crippen MR) is 173 cm³/mol. The van der Waals surface area contributed by atoms with Crippen molar-refractivity contribution in [1.29, 1.82) is 0 Å². The largest absolute Gasteiger partial charge is 0.472 e. The van der Waals surface area contributed by atoms with E-state index in [0.717, 1.165) is 56.0 Å². The molecule has 1 atom stereocenters. The minimum Gasteiger partial charge on any atom is -0.472 e. The third-order valence-electron chi connectivity index (χ3n) is 9.58. The predicted octanol–water partition coefficient (Wildman–Crippen LogP) is 8.41. The molecule has 208 valence electrons. The number of ether oxygens (including phenoxy) is 2. The third kappa shape index (κ3) is 3.91. The maximum Gasteiger partial charge on any atom is 0.178 e. The van der Waals surface area contributed by atoms with Gasteiger partial charge in [0.15, 0.2) is 5.60 Å². The molecule has 1 saturated heterocycles. The highest BCUT2D eigenvalue weighted by atomic mass is 16.5.